The van der Waals surface area contributed by atoms with Crippen LogP contribution in [0.3, 0.4) is 0 Å². The predicted octanol–water partition coefficient (Wildman–Crippen LogP) is 3.59. The van der Waals surface area contributed by atoms with Gasteiger partial charge in [-0.25, -0.2) is 4.79 Å². The smallest absolute Gasteiger partial charge is 0.309 e. The van der Waals surface area contributed by atoms with Gasteiger partial charge in [-0.3, -0.25) is 0 Å². The number of aromatic nitrogens is 2. The van der Waals surface area contributed by atoms with E-state index in [1.54, 1.807) is 11.8 Å². The van der Waals surface area contributed by atoms with E-state index in [2.05, 4.69) is 9.97 Å². The number of aryl methyl sites for hydroxylation is 1. The number of rotatable bonds is 3. The molecule has 104 valence electrons. The molecule has 1 aliphatic carbocycles. The minimum absolute atomic E-state index is 0.237. The standard InChI is InChI=1S/C15H15ClN2OS/c16-11-5-3-4-10(8-11)9-20-14-12-6-1-2-7-13(12)17-15(19)18-14/h3-5,8H,1-2,6-7,9H2,(H,17,18,19). The second-order valence-electron chi connectivity index (χ2n) is 4.93. The summed E-state index contributed by atoms with van der Waals surface area (Å²) in [7, 11) is 0. The Hall–Kier alpha value is -1.26. The number of fused-ring (bicyclic) bond motifs is 1. The molecular weight excluding hydrogens is 292 g/mol. The molecule has 1 aliphatic rings. The number of nitrogens with one attached hydrogen (secondary N) is 1. The van der Waals surface area contributed by atoms with Crippen LogP contribution in [-0.4, -0.2) is 9.97 Å². The first-order valence-corrected chi connectivity index (χ1v) is 8.08. The van der Waals surface area contributed by atoms with E-state index in [9.17, 15) is 4.79 Å². The molecule has 1 aromatic carbocycles. The van der Waals surface area contributed by atoms with Crippen LogP contribution in [0.15, 0.2) is 34.1 Å². The van der Waals surface area contributed by atoms with Crippen LogP contribution < -0.4 is 5.69 Å². The zero-order valence-electron chi connectivity index (χ0n) is 11.0. The number of nitrogens with zero attached hydrogens (tertiary/aromatic N) is 1. The van der Waals surface area contributed by atoms with E-state index >= 15 is 0 Å². The van der Waals surface area contributed by atoms with Gasteiger partial charge in [0.2, 0.25) is 0 Å². The predicted molar refractivity (Wildman–Crippen MR) is 82.5 cm³/mol. The third-order valence-corrected chi connectivity index (χ3v) is 4.78. The van der Waals surface area contributed by atoms with E-state index in [1.165, 1.54) is 12.0 Å². The first-order valence-electron chi connectivity index (χ1n) is 6.72. The lowest BCUT2D eigenvalue weighted by Crippen LogP contribution is -2.19. The maximum absolute atomic E-state index is 11.6. The average molecular weight is 307 g/mol. The Morgan fingerprint density at radius 3 is 3.00 bits per heavy atom. The van der Waals surface area contributed by atoms with E-state index in [1.807, 2.05) is 24.3 Å². The highest BCUT2D eigenvalue weighted by molar-refractivity contribution is 7.98. The summed E-state index contributed by atoms with van der Waals surface area (Å²) in [6.45, 7) is 0. The third kappa shape index (κ3) is 3.07. The fourth-order valence-corrected chi connectivity index (χ4v) is 3.74. The van der Waals surface area contributed by atoms with Gasteiger partial charge in [-0.05, 0) is 43.4 Å². The molecule has 5 heteroatoms. The van der Waals surface area contributed by atoms with Crippen LogP contribution in [0.4, 0.5) is 0 Å². The quantitative estimate of drug-likeness (QED) is 0.696. The lowest BCUT2D eigenvalue weighted by Gasteiger charge is -2.17. The zero-order chi connectivity index (χ0) is 13.9. The number of H-pyrrole nitrogens is 1. The molecule has 0 spiro atoms. The molecule has 0 atom stereocenters. The second-order valence-corrected chi connectivity index (χ2v) is 6.33. The molecule has 0 unspecified atom stereocenters. The third-order valence-electron chi connectivity index (χ3n) is 3.45. The highest BCUT2D eigenvalue weighted by Crippen LogP contribution is 2.29. The molecule has 1 heterocycles. The average Bonchev–Trinajstić information content (AvgIpc) is 2.44. The number of halogens is 1. The van der Waals surface area contributed by atoms with Crippen LogP contribution >= 0.6 is 23.4 Å². The molecule has 0 fully saturated rings. The van der Waals surface area contributed by atoms with E-state index in [0.717, 1.165) is 46.3 Å². The van der Waals surface area contributed by atoms with Crippen molar-refractivity contribution in [3.63, 3.8) is 0 Å². The van der Waals surface area contributed by atoms with Gasteiger partial charge in [0, 0.05) is 22.0 Å². The Labute approximate surface area is 126 Å². The summed E-state index contributed by atoms with van der Waals surface area (Å²) in [4.78, 5) is 18.6. The lowest BCUT2D eigenvalue weighted by molar-refractivity contribution is 0.639. The second kappa shape index (κ2) is 6.02. The Balaban J connectivity index is 1.84. The van der Waals surface area contributed by atoms with Gasteiger partial charge in [0.25, 0.3) is 0 Å². The van der Waals surface area contributed by atoms with Gasteiger partial charge in [-0.1, -0.05) is 23.7 Å². The van der Waals surface area contributed by atoms with Crippen molar-refractivity contribution < 1.29 is 0 Å². The minimum Gasteiger partial charge on any atom is -0.309 e. The molecule has 0 aliphatic heterocycles. The summed E-state index contributed by atoms with van der Waals surface area (Å²) >= 11 is 7.61. The molecule has 0 amide bonds. The molecular formula is C15H15ClN2OS. The van der Waals surface area contributed by atoms with Crippen molar-refractivity contribution in [3.05, 3.63) is 56.6 Å². The highest BCUT2D eigenvalue weighted by Gasteiger charge is 2.16. The van der Waals surface area contributed by atoms with Gasteiger partial charge in [-0.2, -0.15) is 4.98 Å². The largest absolute Gasteiger partial charge is 0.346 e. The monoisotopic (exact) mass is 306 g/mol. The number of hydrogen-bond acceptors (Lipinski definition) is 3. The Bertz CT molecular complexity index is 684. The Morgan fingerprint density at radius 2 is 2.15 bits per heavy atom. The maximum Gasteiger partial charge on any atom is 0.346 e. The van der Waals surface area contributed by atoms with Gasteiger partial charge in [0.05, 0.1) is 0 Å². The summed E-state index contributed by atoms with van der Waals surface area (Å²) in [5.74, 6) is 0.781. The van der Waals surface area contributed by atoms with Crippen LogP contribution in [0, 0.1) is 0 Å². The SMILES string of the molecule is O=c1nc(SCc2cccc(Cl)c2)c2c([nH]1)CCCC2. The first kappa shape index (κ1) is 13.7. The first-order chi connectivity index (χ1) is 9.72. The van der Waals surface area contributed by atoms with Gasteiger partial charge < -0.3 is 4.98 Å². The van der Waals surface area contributed by atoms with Crippen molar-refractivity contribution in [1.82, 2.24) is 9.97 Å². The number of hydrogen-bond donors (Lipinski definition) is 1. The van der Waals surface area contributed by atoms with Crippen molar-refractivity contribution in [2.45, 2.75) is 36.5 Å². The molecule has 3 nitrogen and oxygen atoms in total. The van der Waals surface area contributed by atoms with Crippen molar-refractivity contribution in [3.8, 4) is 0 Å². The van der Waals surface area contributed by atoms with Gasteiger partial charge in [0.1, 0.15) is 5.03 Å². The van der Waals surface area contributed by atoms with Crippen LogP contribution in [0.5, 0.6) is 0 Å². The topological polar surface area (TPSA) is 45.8 Å². The molecule has 1 aromatic heterocycles. The normalized spacial score (nSPS) is 14.1. The number of thioether (sulfide) groups is 1. The summed E-state index contributed by atoms with van der Waals surface area (Å²) in [6.07, 6.45) is 4.28. The summed E-state index contributed by atoms with van der Waals surface area (Å²) in [5.41, 5.74) is 3.21. The molecule has 0 bridgehead atoms. The van der Waals surface area contributed by atoms with Gasteiger partial charge >= 0.3 is 5.69 Å². The highest BCUT2D eigenvalue weighted by atomic mass is 35.5. The molecule has 0 saturated carbocycles. The van der Waals surface area contributed by atoms with Crippen LogP contribution in [0.2, 0.25) is 5.02 Å². The molecule has 20 heavy (non-hydrogen) atoms. The number of benzene rings is 1. The van der Waals surface area contributed by atoms with Crippen molar-refractivity contribution in [1.29, 1.82) is 0 Å². The fraction of sp³-hybridized carbons (Fsp3) is 0.333. The molecule has 2 aromatic rings. The summed E-state index contributed by atoms with van der Waals surface area (Å²) < 4.78 is 0. The maximum atomic E-state index is 11.6. The summed E-state index contributed by atoms with van der Waals surface area (Å²) in [6, 6.07) is 7.80. The van der Waals surface area contributed by atoms with Gasteiger partial charge in [-0.15, -0.1) is 11.8 Å². The van der Waals surface area contributed by atoms with Crippen molar-refractivity contribution >= 4 is 23.4 Å². The molecule has 3 rings (SSSR count). The van der Waals surface area contributed by atoms with E-state index in [0.29, 0.717) is 0 Å². The van der Waals surface area contributed by atoms with Crippen molar-refractivity contribution in [2.75, 3.05) is 0 Å². The molecule has 0 radical (unpaired) electrons. The van der Waals surface area contributed by atoms with E-state index in [-0.39, 0.29) is 5.69 Å². The van der Waals surface area contributed by atoms with E-state index < -0.39 is 0 Å². The van der Waals surface area contributed by atoms with E-state index in [4.69, 9.17) is 11.6 Å². The molecule has 1 N–H and O–H groups in total. The zero-order valence-corrected chi connectivity index (χ0v) is 12.6. The Kier molecular flexibility index (Phi) is 4.13. The Morgan fingerprint density at radius 1 is 1.30 bits per heavy atom. The number of aromatic amines is 1. The van der Waals surface area contributed by atoms with Crippen LogP contribution in [0.1, 0.15) is 29.7 Å². The molecule has 0 saturated heterocycles. The summed E-state index contributed by atoms with van der Waals surface area (Å²) in [5, 5.41) is 1.62. The van der Waals surface area contributed by atoms with Crippen LogP contribution in [-0.2, 0) is 18.6 Å². The minimum atomic E-state index is -0.237. The van der Waals surface area contributed by atoms with Gasteiger partial charge in [0.15, 0.2) is 0 Å². The fourth-order valence-electron chi connectivity index (χ4n) is 2.49. The lowest BCUT2D eigenvalue weighted by atomic mass is 9.98. The van der Waals surface area contributed by atoms with Crippen LogP contribution in [0.25, 0.3) is 0 Å². The van der Waals surface area contributed by atoms with Crippen molar-refractivity contribution in [2.24, 2.45) is 0 Å².